The van der Waals surface area contributed by atoms with Crippen molar-refractivity contribution in [1.82, 2.24) is 5.32 Å². The van der Waals surface area contributed by atoms with Gasteiger partial charge in [-0.1, -0.05) is 12.1 Å². The van der Waals surface area contributed by atoms with Crippen molar-refractivity contribution in [2.75, 3.05) is 10.5 Å². The van der Waals surface area contributed by atoms with Crippen LogP contribution in [0.1, 0.15) is 30.6 Å². The van der Waals surface area contributed by atoms with Crippen LogP contribution in [0, 0.1) is 0 Å². The predicted octanol–water partition coefficient (Wildman–Crippen LogP) is 1.04. The summed E-state index contributed by atoms with van der Waals surface area (Å²) in [7, 11) is -3.50. The highest BCUT2D eigenvalue weighted by atomic mass is 32.2. The molecule has 0 bridgehead atoms. The number of hydrogen-bond acceptors (Lipinski definition) is 4. The summed E-state index contributed by atoms with van der Waals surface area (Å²) in [4.78, 5) is 22.7. The molecule has 7 nitrogen and oxygen atoms in total. The van der Waals surface area contributed by atoms with Gasteiger partial charge in [0.15, 0.2) is 0 Å². The zero-order valence-electron chi connectivity index (χ0n) is 11.8. The topological polar surface area (TPSA) is 113 Å². The maximum Gasteiger partial charge on any atom is 0.305 e. The van der Waals surface area contributed by atoms with Crippen LogP contribution in [-0.2, 0) is 14.8 Å². The van der Waals surface area contributed by atoms with Crippen molar-refractivity contribution in [3.63, 3.8) is 0 Å². The zero-order chi connectivity index (χ0) is 16.0. The molecule has 8 heteroatoms. The summed E-state index contributed by atoms with van der Waals surface area (Å²) in [6.07, 6.45) is -0.214. The second-order valence-electron chi connectivity index (χ2n) is 4.52. The van der Waals surface area contributed by atoms with Crippen LogP contribution in [0.4, 0.5) is 5.69 Å². The van der Waals surface area contributed by atoms with Crippen molar-refractivity contribution in [2.24, 2.45) is 0 Å². The molecule has 0 aliphatic carbocycles. The molecule has 116 valence electrons. The second-order valence-corrected chi connectivity index (χ2v) is 6.53. The first-order chi connectivity index (χ1) is 9.75. The lowest BCUT2D eigenvalue weighted by atomic mass is 10.1. The number of carboxylic acids is 1. The van der Waals surface area contributed by atoms with Crippen molar-refractivity contribution in [3.8, 4) is 0 Å². The zero-order valence-corrected chi connectivity index (χ0v) is 12.6. The van der Waals surface area contributed by atoms with E-state index < -0.39 is 27.9 Å². The maximum atomic E-state index is 12.1. The van der Waals surface area contributed by atoms with Gasteiger partial charge in [0.2, 0.25) is 10.0 Å². The molecule has 1 aromatic rings. The van der Waals surface area contributed by atoms with Gasteiger partial charge < -0.3 is 10.4 Å². The largest absolute Gasteiger partial charge is 0.481 e. The van der Waals surface area contributed by atoms with Crippen LogP contribution in [0.5, 0.6) is 0 Å². The summed E-state index contributed by atoms with van der Waals surface area (Å²) in [6.45, 7) is 3.05. The fourth-order valence-corrected chi connectivity index (χ4v) is 2.28. The third-order valence-corrected chi connectivity index (χ3v) is 3.97. The number of para-hydroxylation sites is 1. The molecule has 1 amide bonds. The quantitative estimate of drug-likeness (QED) is 0.696. The van der Waals surface area contributed by atoms with Crippen molar-refractivity contribution in [3.05, 3.63) is 29.8 Å². The number of rotatable bonds is 7. The number of carbonyl (C=O) groups excluding carboxylic acids is 1. The van der Waals surface area contributed by atoms with Crippen molar-refractivity contribution in [1.29, 1.82) is 0 Å². The molecule has 1 atom stereocenters. The standard InChI is InChI=1S/C13H18N2O5S/c1-3-21(19,20)15-11-7-5-4-6-10(11)13(18)14-9(2)8-12(16)17/h4-7,9,15H,3,8H2,1-2H3,(H,14,18)(H,16,17). The Hall–Kier alpha value is -2.09. The Bertz CT molecular complexity index is 627. The van der Waals surface area contributed by atoms with Gasteiger partial charge in [-0.15, -0.1) is 0 Å². The molecule has 0 radical (unpaired) electrons. The molecule has 0 heterocycles. The van der Waals surface area contributed by atoms with E-state index in [4.69, 9.17) is 5.11 Å². The van der Waals surface area contributed by atoms with Crippen LogP contribution in [0.2, 0.25) is 0 Å². The highest BCUT2D eigenvalue weighted by Crippen LogP contribution is 2.17. The van der Waals surface area contributed by atoms with Crippen LogP contribution < -0.4 is 10.0 Å². The Kier molecular flexibility index (Phi) is 5.71. The fourth-order valence-electron chi connectivity index (χ4n) is 1.62. The molecule has 0 saturated carbocycles. The SMILES string of the molecule is CCS(=O)(=O)Nc1ccccc1C(=O)NC(C)CC(=O)O. The van der Waals surface area contributed by atoms with Gasteiger partial charge in [0.05, 0.1) is 23.4 Å². The number of carbonyl (C=O) groups is 2. The molecule has 1 aromatic carbocycles. The molecule has 1 rings (SSSR count). The molecule has 21 heavy (non-hydrogen) atoms. The fraction of sp³-hybridized carbons (Fsp3) is 0.385. The molecular weight excluding hydrogens is 296 g/mol. The minimum Gasteiger partial charge on any atom is -0.481 e. The average molecular weight is 314 g/mol. The average Bonchev–Trinajstić information content (AvgIpc) is 2.37. The first-order valence-corrected chi connectivity index (χ1v) is 8.02. The van der Waals surface area contributed by atoms with Crippen molar-refractivity contribution in [2.45, 2.75) is 26.3 Å². The Morgan fingerprint density at radius 2 is 1.90 bits per heavy atom. The number of amides is 1. The minimum absolute atomic E-state index is 0.113. The number of sulfonamides is 1. The molecular formula is C13H18N2O5S. The van der Waals surface area contributed by atoms with E-state index >= 15 is 0 Å². The Labute approximate surface area is 123 Å². The van der Waals surface area contributed by atoms with Gasteiger partial charge in [-0.2, -0.15) is 0 Å². The van der Waals surface area contributed by atoms with Gasteiger partial charge in [0.1, 0.15) is 0 Å². The highest BCUT2D eigenvalue weighted by molar-refractivity contribution is 7.92. The van der Waals surface area contributed by atoms with E-state index in [1.807, 2.05) is 0 Å². The third kappa shape index (κ3) is 5.42. The Balaban J connectivity index is 2.92. The summed E-state index contributed by atoms with van der Waals surface area (Å²) in [6, 6.07) is 5.58. The normalized spacial score (nSPS) is 12.5. The van der Waals surface area contributed by atoms with E-state index in [1.165, 1.54) is 19.1 Å². The Morgan fingerprint density at radius 1 is 1.29 bits per heavy atom. The van der Waals surface area contributed by atoms with Crippen molar-refractivity contribution >= 4 is 27.6 Å². The monoisotopic (exact) mass is 314 g/mol. The lowest BCUT2D eigenvalue weighted by molar-refractivity contribution is -0.137. The molecule has 0 fully saturated rings. The van der Waals surface area contributed by atoms with Crippen LogP contribution in [0.15, 0.2) is 24.3 Å². The van der Waals surface area contributed by atoms with Crippen LogP contribution in [-0.4, -0.2) is 37.2 Å². The van der Waals surface area contributed by atoms with E-state index in [0.29, 0.717) is 0 Å². The van der Waals surface area contributed by atoms with Gasteiger partial charge in [0.25, 0.3) is 5.91 Å². The van der Waals surface area contributed by atoms with E-state index in [0.717, 1.165) is 0 Å². The lowest BCUT2D eigenvalue weighted by Gasteiger charge is -2.15. The molecule has 0 aliphatic heterocycles. The highest BCUT2D eigenvalue weighted by Gasteiger charge is 2.17. The lowest BCUT2D eigenvalue weighted by Crippen LogP contribution is -2.34. The van der Waals surface area contributed by atoms with Crippen LogP contribution in [0.3, 0.4) is 0 Å². The molecule has 0 spiro atoms. The van der Waals surface area contributed by atoms with E-state index in [-0.39, 0.29) is 23.4 Å². The first kappa shape index (κ1) is 17.0. The third-order valence-electron chi connectivity index (χ3n) is 2.68. The van der Waals surface area contributed by atoms with Gasteiger partial charge in [-0.05, 0) is 26.0 Å². The summed E-state index contributed by atoms with van der Waals surface area (Å²) >= 11 is 0. The first-order valence-electron chi connectivity index (χ1n) is 6.37. The molecule has 1 unspecified atom stereocenters. The number of hydrogen-bond donors (Lipinski definition) is 3. The molecule has 3 N–H and O–H groups in total. The number of benzene rings is 1. The number of carboxylic acid groups (broad SMARTS) is 1. The minimum atomic E-state index is -3.50. The van der Waals surface area contributed by atoms with Crippen molar-refractivity contribution < 1.29 is 23.1 Å². The van der Waals surface area contributed by atoms with E-state index in [1.54, 1.807) is 19.1 Å². The van der Waals surface area contributed by atoms with Gasteiger partial charge in [-0.25, -0.2) is 8.42 Å². The predicted molar refractivity (Wildman–Crippen MR) is 78.7 cm³/mol. The summed E-state index contributed by atoms with van der Waals surface area (Å²) < 4.78 is 25.5. The summed E-state index contributed by atoms with van der Waals surface area (Å²) in [5.41, 5.74) is 0.311. The van der Waals surface area contributed by atoms with E-state index in [9.17, 15) is 18.0 Å². The molecule has 0 saturated heterocycles. The van der Waals surface area contributed by atoms with Gasteiger partial charge >= 0.3 is 5.97 Å². The van der Waals surface area contributed by atoms with E-state index in [2.05, 4.69) is 10.0 Å². The molecule has 0 aliphatic rings. The maximum absolute atomic E-state index is 12.1. The second kappa shape index (κ2) is 7.07. The van der Waals surface area contributed by atoms with Crippen LogP contribution in [0.25, 0.3) is 0 Å². The summed E-state index contributed by atoms with van der Waals surface area (Å²) in [5, 5.41) is 11.2. The Morgan fingerprint density at radius 3 is 2.48 bits per heavy atom. The smallest absolute Gasteiger partial charge is 0.305 e. The summed E-state index contributed by atoms with van der Waals surface area (Å²) in [5.74, 6) is -1.67. The number of aliphatic carboxylic acids is 1. The van der Waals surface area contributed by atoms with Crippen LogP contribution >= 0.6 is 0 Å². The number of nitrogens with one attached hydrogen (secondary N) is 2. The van der Waals surface area contributed by atoms with Gasteiger partial charge in [0, 0.05) is 6.04 Å². The van der Waals surface area contributed by atoms with Gasteiger partial charge in [-0.3, -0.25) is 14.3 Å². The number of anilines is 1. The molecule has 0 aromatic heterocycles.